The summed E-state index contributed by atoms with van der Waals surface area (Å²) in [5.74, 6) is 1.17. The van der Waals surface area contributed by atoms with Crippen LogP contribution in [0.5, 0.6) is 0 Å². The number of rotatable bonds is 8. The number of aliphatic hydroxyl groups is 2. The van der Waals surface area contributed by atoms with Crippen molar-refractivity contribution in [3.63, 3.8) is 0 Å². The van der Waals surface area contributed by atoms with E-state index in [1.54, 1.807) is 24.3 Å². The van der Waals surface area contributed by atoms with Crippen molar-refractivity contribution in [2.45, 2.75) is 0 Å². The maximum absolute atomic E-state index is 10.6. The minimum absolute atomic E-state index is 0.138. The Morgan fingerprint density at radius 1 is 0.386 bits per heavy atom. The first-order valence-electron chi connectivity index (χ1n) is 14.0. The molecule has 5 aromatic rings. The second kappa shape index (κ2) is 14.2. The molecule has 0 spiro atoms. The fraction of sp³-hybridized carbons (Fsp3) is 0.0556. The van der Waals surface area contributed by atoms with Crippen LogP contribution < -0.4 is 10.6 Å². The summed E-state index contributed by atoms with van der Waals surface area (Å²) in [4.78, 5) is 18.0. The quantitative estimate of drug-likeness (QED) is 0.112. The third kappa shape index (κ3) is 7.63. The monoisotopic (exact) mass is 580 g/mol. The summed E-state index contributed by atoms with van der Waals surface area (Å²) < 4.78 is 0. The van der Waals surface area contributed by atoms with Crippen LogP contribution in [-0.2, 0) is 0 Å². The average Bonchev–Trinajstić information content (AvgIpc) is 3.08. The Labute approximate surface area is 256 Å². The molecule has 0 radical (unpaired) electrons. The second-order valence-corrected chi connectivity index (χ2v) is 9.63. The van der Waals surface area contributed by atoms with E-state index in [2.05, 4.69) is 30.6 Å². The van der Waals surface area contributed by atoms with Gasteiger partial charge in [0.1, 0.15) is 11.7 Å². The van der Waals surface area contributed by atoms with Crippen LogP contribution in [0.1, 0.15) is 22.3 Å². The van der Waals surface area contributed by atoms with E-state index in [4.69, 9.17) is 0 Å². The van der Waals surface area contributed by atoms with Gasteiger partial charge in [-0.2, -0.15) is 0 Å². The maximum atomic E-state index is 10.6. The summed E-state index contributed by atoms with van der Waals surface area (Å²) in [7, 11) is 3.65. The van der Waals surface area contributed by atoms with Crippen LogP contribution in [0.3, 0.4) is 0 Å². The number of aliphatic hydroxyl groups excluding tert-OH is 2. The number of benzene rings is 5. The van der Waals surface area contributed by atoms with E-state index < -0.39 is 0 Å². The molecule has 0 amide bonds. The predicted molar refractivity (Wildman–Crippen MR) is 180 cm³/mol. The molecule has 44 heavy (non-hydrogen) atoms. The largest absolute Gasteiger partial charge is 0.493 e. The van der Waals surface area contributed by atoms with E-state index in [-0.39, 0.29) is 11.8 Å². The van der Waals surface area contributed by atoms with Gasteiger partial charge in [-0.25, -0.2) is 20.0 Å². The minimum Gasteiger partial charge on any atom is -0.493 e. The summed E-state index contributed by atoms with van der Waals surface area (Å²) in [5, 5.41) is 27.6. The van der Waals surface area contributed by atoms with Crippen LogP contribution >= 0.6 is 0 Å². The summed E-state index contributed by atoms with van der Waals surface area (Å²) in [6.45, 7) is 0. The van der Waals surface area contributed by atoms with E-state index in [1.165, 1.54) is 0 Å². The van der Waals surface area contributed by atoms with Crippen LogP contribution in [0.25, 0.3) is 0 Å². The zero-order valence-corrected chi connectivity index (χ0v) is 24.4. The first-order chi connectivity index (χ1) is 21.5. The molecule has 0 unspecified atom stereocenters. The summed E-state index contributed by atoms with van der Waals surface area (Å²) >= 11 is 0. The zero-order chi connectivity index (χ0) is 30.7. The van der Waals surface area contributed by atoms with Gasteiger partial charge >= 0.3 is 0 Å². The van der Waals surface area contributed by atoms with Gasteiger partial charge in [0.25, 0.3) is 0 Å². The molecule has 0 atom stereocenters. The van der Waals surface area contributed by atoms with Crippen LogP contribution in [0.15, 0.2) is 153 Å². The summed E-state index contributed by atoms with van der Waals surface area (Å²) in [6.07, 6.45) is 0. The fourth-order valence-electron chi connectivity index (χ4n) is 4.32. The van der Waals surface area contributed by atoms with Crippen molar-refractivity contribution in [1.82, 2.24) is 10.6 Å². The number of nitrogens with one attached hydrogen (secondary N) is 2. The van der Waals surface area contributed by atoms with Crippen molar-refractivity contribution < 1.29 is 10.2 Å². The van der Waals surface area contributed by atoms with E-state index in [0.29, 0.717) is 22.5 Å². The molecule has 0 aromatic heterocycles. The topological polar surface area (TPSA) is 114 Å². The lowest BCUT2D eigenvalue weighted by molar-refractivity contribution is 0.553. The third-order valence-corrected chi connectivity index (χ3v) is 6.62. The highest BCUT2D eigenvalue weighted by Gasteiger charge is 2.08. The molecule has 8 nitrogen and oxygen atoms in total. The van der Waals surface area contributed by atoms with Crippen molar-refractivity contribution in [1.29, 1.82) is 0 Å². The summed E-state index contributed by atoms with van der Waals surface area (Å²) in [5.41, 5.74) is 5.69. The number of aliphatic imine (C=N–C) groups is 4. The second-order valence-electron chi connectivity index (χ2n) is 9.63. The van der Waals surface area contributed by atoms with E-state index in [0.717, 1.165) is 34.2 Å². The maximum Gasteiger partial charge on any atom is 0.218 e. The van der Waals surface area contributed by atoms with Crippen molar-refractivity contribution >= 4 is 46.2 Å². The van der Waals surface area contributed by atoms with Gasteiger partial charge in [-0.1, -0.05) is 36.4 Å². The Balaban J connectivity index is 1.26. The molecule has 0 saturated carbocycles. The molecule has 0 aliphatic rings. The lowest BCUT2D eigenvalue weighted by Crippen LogP contribution is -2.19. The highest BCUT2D eigenvalue weighted by Crippen LogP contribution is 2.20. The molecule has 0 fully saturated rings. The molecule has 5 aromatic carbocycles. The Bertz CT molecular complexity index is 1660. The number of para-hydroxylation sites is 2. The van der Waals surface area contributed by atoms with Gasteiger partial charge in [0.2, 0.25) is 11.8 Å². The number of amidine groups is 2. The van der Waals surface area contributed by atoms with Crippen LogP contribution in [0, 0.1) is 0 Å². The van der Waals surface area contributed by atoms with Gasteiger partial charge in [-0.05, 0) is 97.1 Å². The van der Waals surface area contributed by atoms with Gasteiger partial charge in [-0.3, -0.25) is 0 Å². The molecule has 0 aliphatic carbocycles. The van der Waals surface area contributed by atoms with Crippen LogP contribution in [0.4, 0.5) is 22.7 Å². The van der Waals surface area contributed by atoms with Gasteiger partial charge in [0.15, 0.2) is 0 Å². The highest BCUT2D eigenvalue weighted by atomic mass is 16.3. The molecular weight excluding hydrogens is 548 g/mol. The molecule has 0 aliphatic heterocycles. The van der Waals surface area contributed by atoms with Crippen molar-refractivity contribution in [3.8, 4) is 0 Å². The molecule has 0 saturated heterocycles. The van der Waals surface area contributed by atoms with Gasteiger partial charge in [-0.15, -0.1) is 0 Å². The third-order valence-electron chi connectivity index (χ3n) is 6.62. The Morgan fingerprint density at radius 2 is 0.682 bits per heavy atom. The number of hydrogen-bond donors (Lipinski definition) is 4. The van der Waals surface area contributed by atoms with E-state index >= 15 is 0 Å². The molecule has 0 heterocycles. The Kier molecular flexibility index (Phi) is 9.54. The molecule has 4 N–H and O–H groups in total. The Hall–Kier alpha value is -6.02. The molecule has 0 bridgehead atoms. The van der Waals surface area contributed by atoms with Crippen molar-refractivity contribution in [2.75, 3.05) is 14.1 Å². The van der Waals surface area contributed by atoms with Gasteiger partial charge in [0, 0.05) is 36.3 Å². The SMILES string of the molecule is CNC(=Nc1ccccc1)c1ccc(N=C(O)c2ccc(C(O)=Nc3ccc(C(=Nc4ccccc4)NC)cc3)cc2)cc1. The number of hydrogen-bond acceptors (Lipinski definition) is 4. The van der Waals surface area contributed by atoms with Gasteiger partial charge < -0.3 is 20.8 Å². The summed E-state index contributed by atoms with van der Waals surface area (Å²) in [6, 6.07) is 41.0. The van der Waals surface area contributed by atoms with Crippen molar-refractivity contribution in [3.05, 3.63) is 156 Å². The molecule has 5 rings (SSSR count). The lowest BCUT2D eigenvalue weighted by Gasteiger charge is -2.07. The Morgan fingerprint density at radius 3 is 1.00 bits per heavy atom. The molecule has 218 valence electrons. The molecule has 8 heteroatoms. The van der Waals surface area contributed by atoms with Crippen molar-refractivity contribution in [2.24, 2.45) is 20.0 Å². The van der Waals surface area contributed by atoms with Gasteiger partial charge in [0.05, 0.1) is 22.7 Å². The lowest BCUT2D eigenvalue weighted by atomic mass is 10.1. The zero-order valence-electron chi connectivity index (χ0n) is 24.4. The predicted octanol–water partition coefficient (Wildman–Crippen LogP) is 7.55. The first-order valence-corrected chi connectivity index (χ1v) is 14.0. The highest BCUT2D eigenvalue weighted by molar-refractivity contribution is 6.02. The van der Waals surface area contributed by atoms with Crippen LogP contribution in [-0.4, -0.2) is 47.8 Å². The van der Waals surface area contributed by atoms with E-state index in [9.17, 15) is 10.2 Å². The minimum atomic E-state index is -0.138. The smallest absolute Gasteiger partial charge is 0.218 e. The molecular formula is C36H32N6O2. The standard InChI is InChI=1S/C36H32N6O2/c1-37-33(39-29-9-5-3-6-10-29)25-17-21-31(22-18-25)41-35(43)27-13-15-28(16-14-27)36(44)42-32-23-19-26(20-24-32)34(38-2)40-30-11-7-4-8-12-30/h3-24H,1-2H3,(H,37,39)(H,38,40)(H,41,43)(H,42,44). The van der Waals surface area contributed by atoms with Crippen LogP contribution in [0.2, 0.25) is 0 Å². The fourth-order valence-corrected chi connectivity index (χ4v) is 4.32. The average molecular weight is 581 g/mol. The first kappa shape index (κ1) is 29.5. The van der Waals surface area contributed by atoms with E-state index in [1.807, 2.05) is 123 Å². The number of nitrogens with zero attached hydrogens (tertiary/aromatic N) is 4. The normalized spacial score (nSPS) is 12.6.